The van der Waals surface area contributed by atoms with Gasteiger partial charge in [-0.2, -0.15) is 5.10 Å². The fourth-order valence-electron chi connectivity index (χ4n) is 2.79. The van der Waals surface area contributed by atoms with Gasteiger partial charge in [0.1, 0.15) is 5.82 Å². The number of aromatic nitrogens is 3. The van der Waals surface area contributed by atoms with Crippen molar-refractivity contribution in [1.29, 1.82) is 0 Å². The van der Waals surface area contributed by atoms with Crippen LogP contribution in [-0.2, 0) is 24.1 Å². The first-order chi connectivity index (χ1) is 13.0. The Morgan fingerprint density at radius 3 is 2.70 bits per heavy atom. The molecule has 1 atom stereocenters. The van der Waals surface area contributed by atoms with Gasteiger partial charge in [-0.3, -0.25) is 9.89 Å². The number of nitrogens with two attached hydrogens (primary N) is 1. The standard InChI is InChI=1S/C18H28BN5O3/c20-15(10-4-5-12-19(26)27)21-18(25)13-17-22-16(23-24-17)11-6-9-14-7-2-1-3-8-14/h1-3,7-8,15,26-27H,4-6,9-13,20H2,(H,21,25)(H,22,23,24)/t15-/m1/s1. The fraction of sp³-hybridized carbons (Fsp3) is 0.500. The van der Waals surface area contributed by atoms with Crippen LogP contribution in [0.1, 0.15) is 42.9 Å². The number of benzene rings is 1. The van der Waals surface area contributed by atoms with Gasteiger partial charge < -0.3 is 21.1 Å². The van der Waals surface area contributed by atoms with Gasteiger partial charge in [0.25, 0.3) is 0 Å². The maximum Gasteiger partial charge on any atom is 0.451 e. The third-order valence-electron chi connectivity index (χ3n) is 4.19. The zero-order valence-electron chi connectivity index (χ0n) is 15.5. The van der Waals surface area contributed by atoms with Gasteiger partial charge in [0, 0.05) is 6.42 Å². The maximum atomic E-state index is 12.0. The number of carbonyl (C=O) groups excluding carboxylic acids is 1. The van der Waals surface area contributed by atoms with Crippen LogP contribution in [0.25, 0.3) is 0 Å². The fourth-order valence-corrected chi connectivity index (χ4v) is 2.79. The number of aromatic amines is 1. The Bertz CT molecular complexity index is 681. The highest BCUT2D eigenvalue weighted by molar-refractivity contribution is 6.40. The molecule has 2 aromatic rings. The maximum absolute atomic E-state index is 12.0. The first-order valence-electron chi connectivity index (χ1n) is 9.38. The smallest absolute Gasteiger partial charge is 0.427 e. The summed E-state index contributed by atoms with van der Waals surface area (Å²) in [6, 6.07) is 10.3. The molecule has 0 saturated heterocycles. The number of hydrogen-bond acceptors (Lipinski definition) is 6. The highest BCUT2D eigenvalue weighted by atomic mass is 16.4. The summed E-state index contributed by atoms with van der Waals surface area (Å²) in [7, 11) is -1.29. The number of aryl methyl sites for hydroxylation is 2. The van der Waals surface area contributed by atoms with Gasteiger partial charge in [-0.15, -0.1) is 0 Å². The molecule has 0 aliphatic carbocycles. The Morgan fingerprint density at radius 2 is 1.96 bits per heavy atom. The van der Waals surface area contributed by atoms with Crippen molar-refractivity contribution in [3.05, 3.63) is 47.5 Å². The molecule has 0 unspecified atom stereocenters. The van der Waals surface area contributed by atoms with Crippen LogP contribution in [0.4, 0.5) is 0 Å². The molecule has 146 valence electrons. The third kappa shape index (κ3) is 8.81. The molecule has 0 spiro atoms. The zero-order chi connectivity index (χ0) is 19.5. The number of nitrogens with one attached hydrogen (secondary N) is 2. The van der Waals surface area contributed by atoms with Crippen molar-refractivity contribution in [1.82, 2.24) is 20.5 Å². The molecule has 1 amide bonds. The van der Waals surface area contributed by atoms with E-state index in [0.717, 1.165) is 19.3 Å². The number of nitrogens with zero attached hydrogens (tertiary/aromatic N) is 2. The van der Waals surface area contributed by atoms with Gasteiger partial charge in [-0.1, -0.05) is 43.2 Å². The Morgan fingerprint density at radius 1 is 1.19 bits per heavy atom. The van der Waals surface area contributed by atoms with Crippen molar-refractivity contribution in [3.8, 4) is 0 Å². The quantitative estimate of drug-likeness (QED) is 0.210. The number of amides is 1. The van der Waals surface area contributed by atoms with E-state index in [9.17, 15) is 4.79 Å². The molecule has 0 radical (unpaired) electrons. The van der Waals surface area contributed by atoms with Crippen LogP contribution in [-0.4, -0.2) is 44.4 Å². The molecule has 0 saturated carbocycles. The Balaban J connectivity index is 1.64. The summed E-state index contributed by atoms with van der Waals surface area (Å²) in [6.07, 6.45) is 4.57. The van der Waals surface area contributed by atoms with Crippen LogP contribution in [0.2, 0.25) is 6.32 Å². The van der Waals surface area contributed by atoms with E-state index in [1.807, 2.05) is 18.2 Å². The molecular weight excluding hydrogens is 345 g/mol. The molecule has 1 heterocycles. The number of hydrogen-bond donors (Lipinski definition) is 5. The van der Waals surface area contributed by atoms with E-state index in [0.29, 0.717) is 37.2 Å². The van der Waals surface area contributed by atoms with E-state index in [-0.39, 0.29) is 12.3 Å². The van der Waals surface area contributed by atoms with Crippen LogP contribution < -0.4 is 11.1 Å². The second-order valence-corrected chi connectivity index (χ2v) is 6.65. The summed E-state index contributed by atoms with van der Waals surface area (Å²) in [5, 5.41) is 27.2. The molecule has 6 N–H and O–H groups in total. The van der Waals surface area contributed by atoms with Crippen LogP contribution in [0.3, 0.4) is 0 Å². The number of carbonyl (C=O) groups is 1. The van der Waals surface area contributed by atoms with Gasteiger partial charge in [0.15, 0.2) is 5.82 Å². The largest absolute Gasteiger partial charge is 0.451 e. The van der Waals surface area contributed by atoms with Crippen LogP contribution in [0, 0.1) is 0 Å². The van der Waals surface area contributed by atoms with E-state index in [2.05, 4.69) is 32.6 Å². The average Bonchev–Trinajstić information content (AvgIpc) is 3.06. The molecule has 1 aromatic heterocycles. The zero-order valence-corrected chi connectivity index (χ0v) is 15.5. The van der Waals surface area contributed by atoms with Crippen molar-refractivity contribution in [3.63, 3.8) is 0 Å². The van der Waals surface area contributed by atoms with Gasteiger partial charge in [-0.25, -0.2) is 4.98 Å². The summed E-state index contributed by atoms with van der Waals surface area (Å²) < 4.78 is 0. The first kappa shape index (κ1) is 21.1. The summed E-state index contributed by atoms with van der Waals surface area (Å²) >= 11 is 0. The summed E-state index contributed by atoms with van der Waals surface area (Å²) in [6.45, 7) is 0. The number of rotatable bonds is 12. The Hall–Kier alpha value is -2.23. The van der Waals surface area contributed by atoms with Gasteiger partial charge in [0.05, 0.1) is 12.6 Å². The van der Waals surface area contributed by atoms with Crippen LogP contribution in [0.5, 0.6) is 0 Å². The van der Waals surface area contributed by atoms with Crippen molar-refractivity contribution in [2.24, 2.45) is 5.73 Å². The van der Waals surface area contributed by atoms with E-state index in [4.69, 9.17) is 15.8 Å². The molecule has 27 heavy (non-hydrogen) atoms. The minimum Gasteiger partial charge on any atom is -0.427 e. The molecule has 9 heteroatoms. The third-order valence-corrected chi connectivity index (χ3v) is 4.19. The summed E-state index contributed by atoms with van der Waals surface area (Å²) in [5.41, 5.74) is 7.16. The molecule has 0 fully saturated rings. The number of H-pyrrole nitrogens is 1. The molecule has 8 nitrogen and oxygen atoms in total. The Labute approximate surface area is 159 Å². The molecule has 1 aromatic carbocycles. The summed E-state index contributed by atoms with van der Waals surface area (Å²) in [5.74, 6) is 1.02. The molecule has 0 aliphatic heterocycles. The predicted octanol–water partition coefficient (Wildman–Crippen LogP) is 0.567. The van der Waals surface area contributed by atoms with E-state index < -0.39 is 13.3 Å². The second kappa shape index (κ2) is 11.5. The minimum atomic E-state index is -1.29. The number of unbranched alkanes of at least 4 members (excludes halogenated alkanes) is 1. The second-order valence-electron chi connectivity index (χ2n) is 6.65. The first-order valence-corrected chi connectivity index (χ1v) is 9.38. The molecule has 0 aliphatic rings. The highest BCUT2D eigenvalue weighted by Gasteiger charge is 2.12. The van der Waals surface area contributed by atoms with Gasteiger partial charge >= 0.3 is 7.12 Å². The lowest BCUT2D eigenvalue weighted by Gasteiger charge is -2.13. The van der Waals surface area contributed by atoms with Crippen LogP contribution >= 0.6 is 0 Å². The Kier molecular flexibility index (Phi) is 8.96. The van der Waals surface area contributed by atoms with Crippen molar-refractivity contribution < 1.29 is 14.8 Å². The van der Waals surface area contributed by atoms with Crippen molar-refractivity contribution in [2.45, 2.75) is 57.4 Å². The molecular formula is C18H28BN5O3. The molecule has 0 bridgehead atoms. The lowest BCUT2D eigenvalue weighted by atomic mass is 9.83. The van der Waals surface area contributed by atoms with Gasteiger partial charge in [-0.05, 0) is 31.1 Å². The van der Waals surface area contributed by atoms with E-state index in [1.54, 1.807) is 0 Å². The average molecular weight is 373 g/mol. The van der Waals surface area contributed by atoms with Crippen molar-refractivity contribution >= 4 is 13.0 Å². The van der Waals surface area contributed by atoms with E-state index in [1.165, 1.54) is 5.56 Å². The normalized spacial score (nSPS) is 12.0. The SMILES string of the molecule is N[C@@H](CCCCB(O)O)NC(=O)Cc1nc(CCCc2ccccc2)n[nH]1. The van der Waals surface area contributed by atoms with Crippen molar-refractivity contribution in [2.75, 3.05) is 0 Å². The minimum absolute atomic E-state index is 0.106. The topological polar surface area (TPSA) is 137 Å². The lowest BCUT2D eigenvalue weighted by Crippen LogP contribution is -2.42. The lowest BCUT2D eigenvalue weighted by molar-refractivity contribution is -0.121. The highest BCUT2D eigenvalue weighted by Crippen LogP contribution is 2.06. The predicted molar refractivity (Wildman–Crippen MR) is 104 cm³/mol. The van der Waals surface area contributed by atoms with Crippen LogP contribution in [0.15, 0.2) is 30.3 Å². The van der Waals surface area contributed by atoms with Gasteiger partial charge in [0.2, 0.25) is 5.91 Å². The summed E-state index contributed by atoms with van der Waals surface area (Å²) in [4.78, 5) is 16.4. The monoisotopic (exact) mass is 373 g/mol. The van der Waals surface area contributed by atoms with E-state index >= 15 is 0 Å². The molecule has 2 rings (SSSR count).